The lowest BCUT2D eigenvalue weighted by Crippen LogP contribution is -2.30. The summed E-state index contributed by atoms with van der Waals surface area (Å²) in [5.74, 6) is -0.953. The molecule has 0 saturated heterocycles. The molecule has 6 heteroatoms. The van der Waals surface area contributed by atoms with E-state index in [0.29, 0.717) is 19.3 Å². The van der Waals surface area contributed by atoms with Gasteiger partial charge in [-0.15, -0.1) is 0 Å². The number of hydrogen-bond acceptors (Lipinski definition) is 6. The molecule has 0 aromatic heterocycles. The standard InChI is InChI=1S/C76H128O6/c1-4-7-10-13-16-19-22-25-28-31-33-35-37-38-39-41-42-45-48-51-54-57-60-63-66-69-75(78)81-72-73(71-80-74(77)68-65-62-59-56-53-50-47-44-30-27-24-21-18-15-12-9-6-3)82-76(79)70-67-64-61-58-55-52-49-46-43-40-36-34-32-29-26-23-20-17-14-11-8-5-2/h7,9-10,12,16,18-19,21,25,27-28,30,33,35,38-39,47,50,56,59,73H,4-6,8,11,13-15,17,20,22-24,26,29,31-32,34,36-37,40-46,48-49,51-55,57-58,60-72H2,1-3H3/b10-7-,12-9-,19-16-,21-18-,28-25-,30-27-,35-33-,39-38-,50-47-,59-56-. The Hall–Kier alpha value is -4.19. The predicted molar refractivity (Wildman–Crippen MR) is 357 cm³/mol. The summed E-state index contributed by atoms with van der Waals surface area (Å²) in [5, 5.41) is 0. The van der Waals surface area contributed by atoms with Gasteiger partial charge in [0.25, 0.3) is 0 Å². The molecule has 0 bridgehead atoms. The molecule has 0 radical (unpaired) electrons. The molecule has 82 heavy (non-hydrogen) atoms. The summed E-state index contributed by atoms with van der Waals surface area (Å²) in [6, 6.07) is 0. The summed E-state index contributed by atoms with van der Waals surface area (Å²) in [6.07, 6.45) is 96.5. The molecule has 0 saturated carbocycles. The van der Waals surface area contributed by atoms with Gasteiger partial charge < -0.3 is 14.2 Å². The van der Waals surface area contributed by atoms with E-state index >= 15 is 0 Å². The Morgan fingerprint density at radius 3 is 0.793 bits per heavy atom. The van der Waals surface area contributed by atoms with Gasteiger partial charge in [-0.3, -0.25) is 14.4 Å². The van der Waals surface area contributed by atoms with E-state index in [1.165, 1.54) is 161 Å². The van der Waals surface area contributed by atoms with Crippen molar-refractivity contribution in [1.29, 1.82) is 0 Å². The highest BCUT2D eigenvalue weighted by molar-refractivity contribution is 5.71. The Morgan fingerprint density at radius 2 is 0.488 bits per heavy atom. The number of carbonyl (C=O) groups excluding carboxylic acids is 3. The zero-order chi connectivity index (χ0) is 59.2. The van der Waals surface area contributed by atoms with Crippen molar-refractivity contribution >= 4 is 17.9 Å². The van der Waals surface area contributed by atoms with Crippen molar-refractivity contribution < 1.29 is 28.6 Å². The first-order valence-corrected chi connectivity index (χ1v) is 34.5. The number of hydrogen-bond donors (Lipinski definition) is 0. The summed E-state index contributed by atoms with van der Waals surface area (Å²) in [7, 11) is 0. The second-order valence-corrected chi connectivity index (χ2v) is 22.7. The van der Waals surface area contributed by atoms with Crippen molar-refractivity contribution in [3.05, 3.63) is 122 Å². The summed E-state index contributed by atoms with van der Waals surface area (Å²) >= 11 is 0. The lowest BCUT2D eigenvalue weighted by molar-refractivity contribution is -0.167. The zero-order valence-corrected chi connectivity index (χ0v) is 53.7. The molecule has 468 valence electrons. The fraction of sp³-hybridized carbons (Fsp3) is 0.697. The number of unbranched alkanes of at least 4 members (excludes halogenated alkanes) is 31. The first kappa shape index (κ1) is 77.8. The molecule has 0 amide bonds. The summed E-state index contributed by atoms with van der Waals surface area (Å²) in [6.45, 7) is 6.40. The Bertz CT molecular complexity index is 1690. The van der Waals surface area contributed by atoms with E-state index < -0.39 is 6.10 Å². The molecule has 1 atom stereocenters. The minimum absolute atomic E-state index is 0.0989. The van der Waals surface area contributed by atoms with Gasteiger partial charge in [0.15, 0.2) is 6.10 Å². The number of ether oxygens (including phenoxy) is 3. The molecule has 0 aliphatic heterocycles. The van der Waals surface area contributed by atoms with Crippen LogP contribution in [0.4, 0.5) is 0 Å². The van der Waals surface area contributed by atoms with Crippen molar-refractivity contribution in [2.75, 3.05) is 13.2 Å². The number of carbonyl (C=O) groups is 3. The van der Waals surface area contributed by atoms with Crippen LogP contribution in [0.1, 0.15) is 323 Å². The van der Waals surface area contributed by atoms with Crippen molar-refractivity contribution in [2.24, 2.45) is 0 Å². The molecular formula is C76H128O6. The fourth-order valence-corrected chi connectivity index (χ4v) is 9.63. The second kappa shape index (κ2) is 69.3. The highest BCUT2D eigenvalue weighted by Crippen LogP contribution is 2.17. The Kier molecular flexibility index (Phi) is 65.8. The maximum absolute atomic E-state index is 13.0. The monoisotopic (exact) mass is 1140 g/mol. The van der Waals surface area contributed by atoms with Gasteiger partial charge in [-0.05, 0) is 103 Å². The molecule has 1 unspecified atom stereocenters. The molecular weight excluding hydrogens is 1010 g/mol. The van der Waals surface area contributed by atoms with Crippen LogP contribution in [0.2, 0.25) is 0 Å². The van der Waals surface area contributed by atoms with Crippen molar-refractivity contribution in [2.45, 2.75) is 329 Å². The van der Waals surface area contributed by atoms with Gasteiger partial charge in [0, 0.05) is 19.3 Å². The normalized spacial score (nSPS) is 12.9. The summed E-state index contributed by atoms with van der Waals surface area (Å²) in [4.78, 5) is 38.4. The van der Waals surface area contributed by atoms with Crippen LogP contribution in [0.25, 0.3) is 0 Å². The first-order chi connectivity index (χ1) is 40.5. The van der Waals surface area contributed by atoms with Gasteiger partial charge in [0.1, 0.15) is 13.2 Å². The largest absolute Gasteiger partial charge is 0.462 e. The average Bonchev–Trinajstić information content (AvgIpc) is 3.47. The van der Waals surface area contributed by atoms with E-state index in [1.54, 1.807) is 0 Å². The van der Waals surface area contributed by atoms with E-state index in [0.717, 1.165) is 116 Å². The van der Waals surface area contributed by atoms with Crippen molar-refractivity contribution in [3.63, 3.8) is 0 Å². The van der Waals surface area contributed by atoms with E-state index in [1.807, 2.05) is 0 Å². The molecule has 0 heterocycles. The van der Waals surface area contributed by atoms with Gasteiger partial charge in [-0.2, -0.15) is 0 Å². The quantitative estimate of drug-likeness (QED) is 0.0261. The number of esters is 3. The first-order valence-electron chi connectivity index (χ1n) is 34.5. The molecule has 6 nitrogen and oxygen atoms in total. The lowest BCUT2D eigenvalue weighted by atomic mass is 10.0. The minimum atomic E-state index is -0.807. The van der Waals surface area contributed by atoms with Gasteiger partial charge >= 0.3 is 17.9 Å². The number of rotatable bonds is 62. The molecule has 0 aliphatic rings. The SMILES string of the molecule is CC/C=C\C/C=C\C/C=C\C/C=C\C/C=C\CCCCCCCCCCCC(=O)OCC(COC(=O)CCC/C=C\C/C=C\C/C=C\C/C=C\C/C=C\CC)OC(=O)CCCCCCCCCCCCCCCCCCCCCCCC. The Balaban J connectivity index is 4.42. The van der Waals surface area contributed by atoms with E-state index in [2.05, 4.69) is 142 Å². The molecule has 0 aromatic rings. The Labute approximate surface area is 507 Å². The highest BCUT2D eigenvalue weighted by Gasteiger charge is 2.19. The molecule has 0 fully saturated rings. The minimum Gasteiger partial charge on any atom is -0.462 e. The average molecular weight is 1140 g/mol. The van der Waals surface area contributed by atoms with Crippen molar-refractivity contribution in [3.8, 4) is 0 Å². The Morgan fingerprint density at radius 1 is 0.256 bits per heavy atom. The van der Waals surface area contributed by atoms with Crippen molar-refractivity contribution in [1.82, 2.24) is 0 Å². The maximum Gasteiger partial charge on any atom is 0.306 e. The molecule has 0 spiro atoms. The summed E-state index contributed by atoms with van der Waals surface area (Å²) < 4.78 is 16.9. The number of allylic oxidation sites excluding steroid dienone is 20. The topological polar surface area (TPSA) is 78.9 Å². The van der Waals surface area contributed by atoms with E-state index in [-0.39, 0.29) is 37.5 Å². The molecule has 0 aromatic carbocycles. The molecule has 0 aliphatic carbocycles. The van der Waals surface area contributed by atoms with Crippen LogP contribution in [-0.2, 0) is 28.6 Å². The highest BCUT2D eigenvalue weighted by atomic mass is 16.6. The van der Waals surface area contributed by atoms with Gasteiger partial charge in [0.2, 0.25) is 0 Å². The predicted octanol–water partition coefficient (Wildman–Crippen LogP) is 23.9. The third kappa shape index (κ3) is 66.6. The van der Waals surface area contributed by atoms with Gasteiger partial charge in [-0.1, -0.05) is 322 Å². The molecule has 0 rings (SSSR count). The maximum atomic E-state index is 13.0. The van der Waals surface area contributed by atoms with Crippen LogP contribution in [0.5, 0.6) is 0 Å². The van der Waals surface area contributed by atoms with Crippen LogP contribution in [0.3, 0.4) is 0 Å². The fourth-order valence-electron chi connectivity index (χ4n) is 9.63. The third-order valence-corrected chi connectivity index (χ3v) is 14.7. The second-order valence-electron chi connectivity index (χ2n) is 22.7. The van der Waals surface area contributed by atoms with Crippen LogP contribution in [-0.4, -0.2) is 37.2 Å². The van der Waals surface area contributed by atoms with E-state index in [4.69, 9.17) is 14.2 Å². The zero-order valence-electron chi connectivity index (χ0n) is 53.7. The van der Waals surface area contributed by atoms with Crippen LogP contribution in [0, 0.1) is 0 Å². The smallest absolute Gasteiger partial charge is 0.306 e. The van der Waals surface area contributed by atoms with E-state index in [9.17, 15) is 14.4 Å². The molecule has 0 N–H and O–H groups in total. The third-order valence-electron chi connectivity index (χ3n) is 14.7. The van der Waals surface area contributed by atoms with Crippen LogP contribution < -0.4 is 0 Å². The van der Waals surface area contributed by atoms with Gasteiger partial charge in [-0.25, -0.2) is 0 Å². The van der Waals surface area contributed by atoms with Crippen LogP contribution >= 0.6 is 0 Å². The van der Waals surface area contributed by atoms with Gasteiger partial charge in [0.05, 0.1) is 0 Å². The lowest BCUT2D eigenvalue weighted by Gasteiger charge is -2.18. The van der Waals surface area contributed by atoms with Crippen LogP contribution in [0.15, 0.2) is 122 Å². The summed E-state index contributed by atoms with van der Waals surface area (Å²) in [5.41, 5.74) is 0.